The fourth-order valence-corrected chi connectivity index (χ4v) is 2.90. The highest BCUT2D eigenvalue weighted by atomic mass is 79.9. The first-order chi connectivity index (χ1) is 9.04. The number of benzene rings is 1. The molecule has 1 aromatic carbocycles. The second-order valence-electron chi connectivity index (χ2n) is 5.12. The number of nitrogens with zero attached hydrogens (tertiary/aromatic N) is 1. The maximum absolute atomic E-state index is 10.5. The maximum atomic E-state index is 10.5. The van der Waals surface area contributed by atoms with E-state index < -0.39 is 5.60 Å². The van der Waals surface area contributed by atoms with Crippen LogP contribution in [0.25, 0.3) is 0 Å². The van der Waals surface area contributed by atoms with E-state index in [1.165, 1.54) is 0 Å². The molecule has 5 heteroatoms. The van der Waals surface area contributed by atoms with Gasteiger partial charge in [0, 0.05) is 55.4 Å². The van der Waals surface area contributed by atoms with Crippen LogP contribution in [0.15, 0.2) is 22.7 Å². The van der Waals surface area contributed by atoms with Crippen molar-refractivity contribution in [3.63, 3.8) is 0 Å². The molecule has 1 fully saturated rings. The number of aliphatic hydroxyl groups is 2. The molecule has 19 heavy (non-hydrogen) atoms. The van der Waals surface area contributed by atoms with Crippen LogP contribution in [0.3, 0.4) is 0 Å². The maximum Gasteiger partial charge on any atom is 0.0865 e. The van der Waals surface area contributed by atoms with Crippen molar-refractivity contribution in [3.05, 3.63) is 28.2 Å². The van der Waals surface area contributed by atoms with E-state index in [1.54, 1.807) is 0 Å². The third-order valence-electron chi connectivity index (χ3n) is 3.58. The molecular weight excluding hydrogens is 310 g/mol. The molecule has 0 atom stereocenters. The molecule has 0 radical (unpaired) electrons. The summed E-state index contributed by atoms with van der Waals surface area (Å²) in [6, 6.07) is 5.80. The molecule has 0 saturated carbocycles. The number of hydrogen-bond acceptors (Lipinski definition) is 4. The number of halogens is 1. The highest BCUT2D eigenvalue weighted by Crippen LogP contribution is 2.28. The van der Waals surface area contributed by atoms with Gasteiger partial charge < -0.3 is 19.8 Å². The Morgan fingerprint density at radius 2 is 2.05 bits per heavy atom. The minimum absolute atomic E-state index is 0.0132. The number of likely N-dealkylation sites (N-methyl/N-ethyl adjacent to an activating group) is 1. The Kier molecular flexibility index (Phi) is 4.84. The minimum atomic E-state index is -0.702. The zero-order chi connectivity index (χ0) is 13.9. The molecule has 0 unspecified atom stereocenters. The van der Waals surface area contributed by atoms with Gasteiger partial charge >= 0.3 is 0 Å². The Morgan fingerprint density at radius 3 is 2.68 bits per heavy atom. The summed E-state index contributed by atoms with van der Waals surface area (Å²) in [7, 11) is 1.94. The van der Waals surface area contributed by atoms with Crippen molar-refractivity contribution in [2.45, 2.75) is 25.0 Å². The van der Waals surface area contributed by atoms with Crippen LogP contribution < -0.4 is 4.90 Å². The molecule has 1 aromatic rings. The van der Waals surface area contributed by atoms with Crippen LogP contribution in [-0.4, -0.2) is 42.6 Å². The van der Waals surface area contributed by atoms with Gasteiger partial charge in [0.15, 0.2) is 0 Å². The van der Waals surface area contributed by atoms with Gasteiger partial charge in [0.1, 0.15) is 0 Å². The molecule has 1 aliphatic heterocycles. The number of anilines is 1. The standard InChI is InChI=1S/C14H20BrNO3/c1-16(10-14(18)4-6-19-7-5-14)13-3-2-12(15)8-11(13)9-17/h2-3,8,17-18H,4-7,9-10H2,1H3. The SMILES string of the molecule is CN(CC1(O)CCOCC1)c1ccc(Br)cc1CO. The summed E-state index contributed by atoms with van der Waals surface area (Å²) in [6.07, 6.45) is 1.31. The van der Waals surface area contributed by atoms with Crippen molar-refractivity contribution in [2.75, 3.05) is 31.7 Å². The molecule has 0 spiro atoms. The molecule has 0 amide bonds. The predicted molar refractivity (Wildman–Crippen MR) is 78.3 cm³/mol. The minimum Gasteiger partial charge on any atom is -0.392 e. The Labute approximate surface area is 122 Å². The quantitative estimate of drug-likeness (QED) is 0.886. The summed E-state index contributed by atoms with van der Waals surface area (Å²) >= 11 is 3.40. The van der Waals surface area contributed by atoms with Crippen LogP contribution in [0, 0.1) is 0 Å². The third kappa shape index (κ3) is 3.69. The van der Waals surface area contributed by atoms with Gasteiger partial charge in [-0.3, -0.25) is 0 Å². The van der Waals surface area contributed by atoms with Crippen molar-refractivity contribution >= 4 is 21.6 Å². The van der Waals surface area contributed by atoms with E-state index in [9.17, 15) is 10.2 Å². The second kappa shape index (κ2) is 6.22. The van der Waals surface area contributed by atoms with Crippen LogP contribution in [0.5, 0.6) is 0 Å². The average Bonchev–Trinajstić information content (AvgIpc) is 2.38. The van der Waals surface area contributed by atoms with Crippen LogP contribution in [0.1, 0.15) is 18.4 Å². The molecular formula is C14H20BrNO3. The Balaban J connectivity index is 2.12. The number of rotatable bonds is 4. The normalized spacial score (nSPS) is 18.3. The van der Waals surface area contributed by atoms with Crippen molar-refractivity contribution < 1.29 is 14.9 Å². The van der Waals surface area contributed by atoms with Crippen molar-refractivity contribution in [3.8, 4) is 0 Å². The van der Waals surface area contributed by atoms with E-state index in [0.717, 1.165) is 15.7 Å². The van der Waals surface area contributed by atoms with Gasteiger partial charge in [-0.05, 0) is 18.2 Å². The molecule has 0 aromatic heterocycles. The van der Waals surface area contributed by atoms with Gasteiger partial charge in [-0.1, -0.05) is 15.9 Å². The van der Waals surface area contributed by atoms with Gasteiger partial charge in [-0.25, -0.2) is 0 Å². The van der Waals surface area contributed by atoms with E-state index in [4.69, 9.17) is 4.74 Å². The largest absolute Gasteiger partial charge is 0.392 e. The Bertz CT molecular complexity index is 433. The van der Waals surface area contributed by atoms with Crippen LogP contribution in [-0.2, 0) is 11.3 Å². The fourth-order valence-electron chi connectivity index (χ4n) is 2.49. The van der Waals surface area contributed by atoms with E-state index in [2.05, 4.69) is 15.9 Å². The number of ether oxygens (including phenoxy) is 1. The van der Waals surface area contributed by atoms with Gasteiger partial charge in [-0.15, -0.1) is 0 Å². The number of aliphatic hydroxyl groups excluding tert-OH is 1. The molecule has 4 nitrogen and oxygen atoms in total. The summed E-state index contributed by atoms with van der Waals surface area (Å²) in [5, 5.41) is 20.0. The molecule has 0 bridgehead atoms. The van der Waals surface area contributed by atoms with E-state index in [0.29, 0.717) is 32.6 Å². The lowest BCUT2D eigenvalue weighted by molar-refractivity contribution is -0.0572. The van der Waals surface area contributed by atoms with Crippen molar-refractivity contribution in [1.29, 1.82) is 0 Å². The lowest BCUT2D eigenvalue weighted by atomic mass is 9.93. The fraction of sp³-hybridized carbons (Fsp3) is 0.571. The first-order valence-electron chi connectivity index (χ1n) is 6.45. The van der Waals surface area contributed by atoms with Crippen LogP contribution >= 0.6 is 15.9 Å². The monoisotopic (exact) mass is 329 g/mol. The zero-order valence-electron chi connectivity index (χ0n) is 11.1. The van der Waals surface area contributed by atoms with Crippen molar-refractivity contribution in [2.24, 2.45) is 0 Å². The lowest BCUT2D eigenvalue weighted by Gasteiger charge is -2.36. The van der Waals surface area contributed by atoms with Crippen LogP contribution in [0.4, 0.5) is 5.69 Å². The second-order valence-corrected chi connectivity index (χ2v) is 6.04. The van der Waals surface area contributed by atoms with Gasteiger partial charge in [0.2, 0.25) is 0 Å². The van der Waals surface area contributed by atoms with Gasteiger partial charge in [0.05, 0.1) is 12.2 Å². The molecule has 0 aliphatic carbocycles. The lowest BCUT2D eigenvalue weighted by Crippen LogP contribution is -2.46. The summed E-state index contributed by atoms with van der Waals surface area (Å²) in [5.41, 5.74) is 1.10. The molecule has 1 aliphatic rings. The van der Waals surface area contributed by atoms with E-state index in [1.807, 2.05) is 30.1 Å². The van der Waals surface area contributed by atoms with E-state index >= 15 is 0 Å². The molecule has 2 N–H and O–H groups in total. The van der Waals surface area contributed by atoms with Gasteiger partial charge in [0.25, 0.3) is 0 Å². The van der Waals surface area contributed by atoms with Gasteiger partial charge in [-0.2, -0.15) is 0 Å². The molecule has 106 valence electrons. The smallest absolute Gasteiger partial charge is 0.0865 e. The highest BCUT2D eigenvalue weighted by molar-refractivity contribution is 9.10. The molecule has 1 saturated heterocycles. The van der Waals surface area contributed by atoms with Crippen LogP contribution in [0.2, 0.25) is 0 Å². The summed E-state index contributed by atoms with van der Waals surface area (Å²) in [4.78, 5) is 2.00. The molecule has 1 heterocycles. The Hall–Kier alpha value is -0.620. The number of hydrogen-bond donors (Lipinski definition) is 2. The Morgan fingerprint density at radius 1 is 1.37 bits per heavy atom. The molecule has 2 rings (SSSR count). The summed E-state index contributed by atoms with van der Waals surface area (Å²) < 4.78 is 6.23. The topological polar surface area (TPSA) is 52.9 Å². The third-order valence-corrected chi connectivity index (χ3v) is 4.07. The first-order valence-corrected chi connectivity index (χ1v) is 7.24. The summed E-state index contributed by atoms with van der Waals surface area (Å²) in [6.45, 7) is 1.75. The summed E-state index contributed by atoms with van der Waals surface area (Å²) in [5.74, 6) is 0. The first kappa shape index (κ1) is 14.8. The predicted octanol–water partition coefficient (Wildman–Crippen LogP) is 1.92. The zero-order valence-corrected chi connectivity index (χ0v) is 12.7. The van der Waals surface area contributed by atoms with E-state index in [-0.39, 0.29) is 6.61 Å². The highest BCUT2D eigenvalue weighted by Gasteiger charge is 2.31. The average molecular weight is 330 g/mol. The van der Waals surface area contributed by atoms with Crippen molar-refractivity contribution in [1.82, 2.24) is 0 Å².